The summed E-state index contributed by atoms with van der Waals surface area (Å²) in [4.78, 5) is 22.3. The van der Waals surface area contributed by atoms with E-state index in [1.54, 1.807) is 0 Å². The summed E-state index contributed by atoms with van der Waals surface area (Å²) in [6.45, 7) is 3.54. The molecular formula is C12H15BrN2O4. The fourth-order valence-corrected chi connectivity index (χ4v) is 2.09. The molecule has 0 aliphatic heterocycles. The van der Waals surface area contributed by atoms with Crippen LogP contribution in [0, 0.1) is 16.0 Å². The number of aliphatic hydroxyl groups is 1. The largest absolute Gasteiger partial charge is 0.394 e. The van der Waals surface area contributed by atoms with Crippen LogP contribution in [0.4, 0.5) is 5.69 Å². The SMILES string of the molecule is CC(C)C(CO)NC(=O)c1cccc([N+](=O)[O-])c1Br. The summed E-state index contributed by atoms with van der Waals surface area (Å²) in [5.74, 6) is -0.394. The van der Waals surface area contributed by atoms with E-state index in [1.165, 1.54) is 18.2 Å². The molecule has 104 valence electrons. The highest BCUT2D eigenvalue weighted by molar-refractivity contribution is 9.10. The van der Waals surface area contributed by atoms with Crippen LogP contribution in [-0.4, -0.2) is 28.6 Å². The van der Waals surface area contributed by atoms with Gasteiger partial charge in [0.2, 0.25) is 0 Å². The van der Waals surface area contributed by atoms with Crippen LogP contribution < -0.4 is 5.32 Å². The number of carbonyl (C=O) groups excluding carboxylic acids is 1. The molecule has 0 aliphatic rings. The van der Waals surface area contributed by atoms with E-state index in [4.69, 9.17) is 5.11 Å². The van der Waals surface area contributed by atoms with Gasteiger partial charge in [0.05, 0.1) is 23.1 Å². The first-order valence-electron chi connectivity index (χ1n) is 5.73. The molecule has 1 amide bonds. The number of carbonyl (C=O) groups is 1. The first-order chi connectivity index (χ1) is 8.88. The standard InChI is InChI=1S/C12H15BrN2O4/c1-7(2)9(6-16)14-12(17)8-4-3-5-10(11(8)13)15(18)19/h3-5,7,9,16H,6H2,1-2H3,(H,14,17). The zero-order chi connectivity index (χ0) is 14.6. The second-order valence-electron chi connectivity index (χ2n) is 4.40. The maximum absolute atomic E-state index is 12.0. The first kappa shape index (κ1) is 15.6. The molecule has 1 unspecified atom stereocenters. The minimum atomic E-state index is -0.563. The van der Waals surface area contributed by atoms with E-state index >= 15 is 0 Å². The zero-order valence-electron chi connectivity index (χ0n) is 10.6. The van der Waals surface area contributed by atoms with E-state index in [9.17, 15) is 14.9 Å². The predicted octanol–water partition coefficient (Wildman–Crippen LogP) is 2.10. The molecule has 0 saturated heterocycles. The number of amides is 1. The second kappa shape index (κ2) is 6.63. The monoisotopic (exact) mass is 330 g/mol. The first-order valence-corrected chi connectivity index (χ1v) is 6.52. The molecule has 0 aromatic heterocycles. The van der Waals surface area contributed by atoms with Gasteiger partial charge in [-0.25, -0.2) is 0 Å². The average molecular weight is 331 g/mol. The van der Waals surface area contributed by atoms with Crippen molar-refractivity contribution in [3.05, 3.63) is 38.3 Å². The number of aliphatic hydroxyl groups excluding tert-OH is 1. The molecule has 1 atom stereocenters. The predicted molar refractivity (Wildman–Crippen MR) is 74.0 cm³/mol. The molecule has 1 aromatic rings. The van der Waals surface area contributed by atoms with Gasteiger partial charge in [-0.05, 0) is 27.9 Å². The van der Waals surface area contributed by atoms with Gasteiger partial charge in [-0.2, -0.15) is 0 Å². The molecule has 1 rings (SSSR count). The smallest absolute Gasteiger partial charge is 0.284 e. The number of hydrogen-bond donors (Lipinski definition) is 2. The van der Waals surface area contributed by atoms with E-state index < -0.39 is 16.9 Å². The molecule has 0 aliphatic carbocycles. The van der Waals surface area contributed by atoms with Crippen LogP contribution in [0.15, 0.2) is 22.7 Å². The minimum absolute atomic E-state index is 0.0615. The quantitative estimate of drug-likeness (QED) is 0.638. The van der Waals surface area contributed by atoms with E-state index in [0.717, 1.165) is 0 Å². The Morgan fingerprint density at radius 3 is 2.63 bits per heavy atom. The molecule has 0 saturated carbocycles. The highest BCUT2D eigenvalue weighted by atomic mass is 79.9. The van der Waals surface area contributed by atoms with Crippen LogP contribution in [0.3, 0.4) is 0 Å². The highest BCUT2D eigenvalue weighted by Gasteiger charge is 2.22. The van der Waals surface area contributed by atoms with Crippen molar-refractivity contribution in [1.29, 1.82) is 0 Å². The van der Waals surface area contributed by atoms with Crippen molar-refractivity contribution in [3.8, 4) is 0 Å². The lowest BCUT2D eigenvalue weighted by Gasteiger charge is -2.20. The summed E-state index contributed by atoms with van der Waals surface area (Å²) in [5.41, 5.74) is 0.00560. The zero-order valence-corrected chi connectivity index (χ0v) is 12.2. The van der Waals surface area contributed by atoms with E-state index in [-0.39, 0.29) is 28.2 Å². The van der Waals surface area contributed by atoms with Gasteiger partial charge in [0, 0.05) is 6.07 Å². The Hall–Kier alpha value is -1.47. The van der Waals surface area contributed by atoms with Crippen LogP contribution in [0.25, 0.3) is 0 Å². The van der Waals surface area contributed by atoms with Gasteiger partial charge in [-0.15, -0.1) is 0 Å². The lowest BCUT2D eigenvalue weighted by molar-refractivity contribution is -0.385. The molecule has 1 aromatic carbocycles. The number of nitro groups is 1. The van der Waals surface area contributed by atoms with Gasteiger partial charge in [0.15, 0.2) is 0 Å². The number of benzene rings is 1. The third-order valence-electron chi connectivity index (χ3n) is 2.74. The van der Waals surface area contributed by atoms with E-state index in [1.807, 2.05) is 13.8 Å². The van der Waals surface area contributed by atoms with Crippen LogP contribution in [0.5, 0.6) is 0 Å². The van der Waals surface area contributed by atoms with Gasteiger partial charge < -0.3 is 10.4 Å². The van der Waals surface area contributed by atoms with Crippen LogP contribution in [-0.2, 0) is 0 Å². The molecule has 0 bridgehead atoms. The summed E-state index contributed by atoms with van der Waals surface area (Å²) in [6.07, 6.45) is 0. The van der Waals surface area contributed by atoms with Crippen molar-refractivity contribution in [3.63, 3.8) is 0 Å². The number of nitrogens with one attached hydrogen (secondary N) is 1. The lowest BCUT2D eigenvalue weighted by atomic mass is 10.0. The van der Waals surface area contributed by atoms with Gasteiger partial charge in [0.25, 0.3) is 11.6 Å². The second-order valence-corrected chi connectivity index (χ2v) is 5.20. The molecule has 7 heteroatoms. The molecule has 6 nitrogen and oxygen atoms in total. The number of nitrogens with zero attached hydrogens (tertiary/aromatic N) is 1. The van der Waals surface area contributed by atoms with E-state index in [0.29, 0.717) is 0 Å². The molecule has 19 heavy (non-hydrogen) atoms. The summed E-state index contributed by atoms with van der Waals surface area (Å²) >= 11 is 3.07. The van der Waals surface area contributed by atoms with Crippen molar-refractivity contribution in [2.75, 3.05) is 6.61 Å². The molecule has 0 spiro atoms. The van der Waals surface area contributed by atoms with Gasteiger partial charge in [-0.3, -0.25) is 14.9 Å². The minimum Gasteiger partial charge on any atom is -0.394 e. The maximum atomic E-state index is 12.0. The summed E-state index contributed by atoms with van der Waals surface area (Å²) in [7, 11) is 0. The number of hydrogen-bond acceptors (Lipinski definition) is 4. The number of halogens is 1. The Morgan fingerprint density at radius 1 is 1.53 bits per heavy atom. The van der Waals surface area contributed by atoms with Gasteiger partial charge in [0.1, 0.15) is 4.47 Å². The summed E-state index contributed by atoms with van der Waals surface area (Å²) in [6, 6.07) is 3.86. The Kier molecular flexibility index (Phi) is 5.44. The van der Waals surface area contributed by atoms with Crippen LogP contribution in [0.2, 0.25) is 0 Å². The fourth-order valence-electron chi connectivity index (χ4n) is 1.51. The highest BCUT2D eigenvalue weighted by Crippen LogP contribution is 2.28. The Labute approximate surface area is 119 Å². The molecule has 2 N–H and O–H groups in total. The van der Waals surface area contributed by atoms with Crippen LogP contribution >= 0.6 is 15.9 Å². The molecule has 0 fully saturated rings. The van der Waals surface area contributed by atoms with E-state index in [2.05, 4.69) is 21.2 Å². The number of rotatable bonds is 5. The maximum Gasteiger partial charge on any atom is 0.284 e. The molecular weight excluding hydrogens is 316 g/mol. The Bertz CT molecular complexity index is 491. The van der Waals surface area contributed by atoms with Crippen molar-refractivity contribution in [1.82, 2.24) is 5.32 Å². The summed E-state index contributed by atoms with van der Waals surface area (Å²) < 4.78 is 0.137. The third-order valence-corrected chi connectivity index (χ3v) is 3.57. The summed E-state index contributed by atoms with van der Waals surface area (Å²) in [5, 5.41) is 22.6. The lowest BCUT2D eigenvalue weighted by Crippen LogP contribution is -2.41. The molecule has 0 heterocycles. The number of nitro benzene ring substituents is 1. The third kappa shape index (κ3) is 3.74. The Balaban J connectivity index is 3.00. The van der Waals surface area contributed by atoms with Crippen molar-refractivity contribution < 1.29 is 14.8 Å². The Morgan fingerprint density at radius 2 is 2.16 bits per heavy atom. The van der Waals surface area contributed by atoms with Crippen LogP contribution in [0.1, 0.15) is 24.2 Å². The normalized spacial score (nSPS) is 12.3. The van der Waals surface area contributed by atoms with Crippen molar-refractivity contribution in [2.45, 2.75) is 19.9 Å². The average Bonchev–Trinajstić information content (AvgIpc) is 2.35. The molecule has 0 radical (unpaired) electrons. The van der Waals surface area contributed by atoms with Gasteiger partial charge in [-0.1, -0.05) is 19.9 Å². The fraction of sp³-hybridized carbons (Fsp3) is 0.417. The van der Waals surface area contributed by atoms with Crippen molar-refractivity contribution in [2.24, 2.45) is 5.92 Å². The topological polar surface area (TPSA) is 92.5 Å². The van der Waals surface area contributed by atoms with Gasteiger partial charge >= 0.3 is 0 Å². The van der Waals surface area contributed by atoms with Crippen molar-refractivity contribution >= 4 is 27.5 Å².